The summed E-state index contributed by atoms with van der Waals surface area (Å²) < 4.78 is 21.9. The highest BCUT2D eigenvalue weighted by atomic mass is 16.8. The topological polar surface area (TPSA) is 159 Å². The van der Waals surface area contributed by atoms with Gasteiger partial charge >= 0.3 is 17.9 Å². The molecule has 0 aromatic heterocycles. The largest absolute Gasteiger partial charge is 0.463 e. The maximum absolute atomic E-state index is 13.4. The molecule has 3 rings (SSSR count). The molecule has 1 aromatic carbocycles. The lowest BCUT2D eigenvalue weighted by atomic mass is 9.96. The highest BCUT2D eigenvalue weighted by Crippen LogP contribution is 2.32. The number of amides is 2. The van der Waals surface area contributed by atoms with Crippen LogP contribution in [0.4, 0.5) is 5.69 Å². The van der Waals surface area contributed by atoms with Crippen molar-refractivity contribution in [2.75, 3.05) is 18.1 Å². The zero-order valence-corrected chi connectivity index (χ0v) is 23.4. The van der Waals surface area contributed by atoms with Crippen molar-refractivity contribution in [3.63, 3.8) is 0 Å². The molecule has 1 aromatic rings. The molecule has 40 heavy (non-hydrogen) atoms. The number of carbonyl (C=O) groups is 5. The van der Waals surface area contributed by atoms with E-state index in [0.29, 0.717) is 17.8 Å². The van der Waals surface area contributed by atoms with Gasteiger partial charge in [0.05, 0.1) is 5.69 Å². The summed E-state index contributed by atoms with van der Waals surface area (Å²) in [7, 11) is 0. The molecule has 2 heterocycles. The van der Waals surface area contributed by atoms with Crippen LogP contribution in [0.5, 0.6) is 0 Å². The van der Waals surface area contributed by atoms with Crippen LogP contribution in [0.25, 0.3) is 0 Å². The molecule has 0 spiro atoms. The third-order valence-electron chi connectivity index (χ3n) is 6.20. The van der Waals surface area contributed by atoms with Crippen molar-refractivity contribution in [1.29, 1.82) is 0 Å². The van der Waals surface area contributed by atoms with Gasteiger partial charge in [0.25, 0.3) is 12.2 Å². The van der Waals surface area contributed by atoms with Crippen LogP contribution in [0.15, 0.2) is 23.4 Å². The molecule has 13 heteroatoms. The summed E-state index contributed by atoms with van der Waals surface area (Å²) in [6.07, 6.45) is -3.51. The number of benzene rings is 1. The Morgan fingerprint density at radius 3 is 2.30 bits per heavy atom. The van der Waals surface area contributed by atoms with Crippen molar-refractivity contribution >= 4 is 41.1 Å². The molecule has 0 radical (unpaired) electrons. The standard InChI is InChI=1S/C27H35N3O10/c1-7-8-11-30-20-10-9-14(2)12-19(20)22(26(30)35)29-40-27-23(28-15(3)31)25(38-18(6)34)24(37-17(5)33)21(39-27)13-36-16(4)32/h9-10,12,21,23-25,27H,7-8,11,13H2,1-6H3,(H,28,31)/b29-22+. The van der Waals surface area contributed by atoms with Crippen LogP contribution in [0.3, 0.4) is 0 Å². The molecule has 0 aliphatic carbocycles. The Morgan fingerprint density at radius 2 is 1.70 bits per heavy atom. The number of oxime groups is 1. The van der Waals surface area contributed by atoms with Gasteiger partial charge in [-0.25, -0.2) is 0 Å². The smallest absolute Gasteiger partial charge is 0.303 e. The van der Waals surface area contributed by atoms with Crippen molar-refractivity contribution in [2.24, 2.45) is 5.16 Å². The lowest BCUT2D eigenvalue weighted by Crippen LogP contribution is -2.66. The number of rotatable bonds is 10. The first kappa shape index (κ1) is 30.5. The minimum Gasteiger partial charge on any atom is -0.463 e. The molecule has 218 valence electrons. The number of hydrogen-bond donors (Lipinski definition) is 1. The van der Waals surface area contributed by atoms with Crippen LogP contribution in [0, 0.1) is 6.92 Å². The number of unbranched alkanes of at least 4 members (excludes halogenated alkanes) is 1. The molecular weight excluding hydrogens is 526 g/mol. The van der Waals surface area contributed by atoms with Gasteiger partial charge in [0.2, 0.25) is 5.91 Å². The summed E-state index contributed by atoms with van der Waals surface area (Å²) in [6.45, 7) is 8.70. The zero-order valence-electron chi connectivity index (χ0n) is 23.4. The Balaban J connectivity index is 2.02. The van der Waals surface area contributed by atoms with Crippen molar-refractivity contribution in [3.05, 3.63) is 29.3 Å². The molecule has 13 nitrogen and oxygen atoms in total. The highest BCUT2D eigenvalue weighted by molar-refractivity contribution is 6.54. The van der Waals surface area contributed by atoms with E-state index in [0.717, 1.165) is 32.3 Å². The van der Waals surface area contributed by atoms with Crippen LogP contribution >= 0.6 is 0 Å². The number of fused-ring (bicyclic) bond motifs is 1. The fourth-order valence-electron chi connectivity index (χ4n) is 4.54. The summed E-state index contributed by atoms with van der Waals surface area (Å²) in [6, 6.07) is 4.34. The second-order valence-corrected chi connectivity index (χ2v) is 9.60. The van der Waals surface area contributed by atoms with E-state index in [1.54, 1.807) is 4.90 Å². The molecule has 2 aliphatic heterocycles. The number of nitrogens with one attached hydrogen (secondary N) is 1. The normalized spacial score (nSPS) is 24.8. The van der Waals surface area contributed by atoms with E-state index in [1.807, 2.05) is 32.0 Å². The second kappa shape index (κ2) is 13.4. The molecule has 0 bridgehead atoms. The molecule has 5 atom stereocenters. The fourth-order valence-corrected chi connectivity index (χ4v) is 4.54. The summed E-state index contributed by atoms with van der Waals surface area (Å²) in [4.78, 5) is 68.3. The van der Waals surface area contributed by atoms with Gasteiger partial charge < -0.3 is 34.0 Å². The molecule has 5 unspecified atom stereocenters. The molecule has 1 saturated heterocycles. The molecule has 2 amide bonds. The summed E-state index contributed by atoms with van der Waals surface area (Å²) in [5.74, 6) is -3.00. The summed E-state index contributed by atoms with van der Waals surface area (Å²) in [5.41, 5.74) is 2.19. The van der Waals surface area contributed by atoms with E-state index in [9.17, 15) is 24.0 Å². The Labute approximate surface area is 232 Å². The average Bonchev–Trinajstić information content (AvgIpc) is 3.11. The van der Waals surface area contributed by atoms with Gasteiger partial charge in [0, 0.05) is 39.8 Å². The minimum atomic E-state index is -1.43. The number of carbonyl (C=O) groups excluding carboxylic acids is 5. The fraction of sp³-hybridized carbons (Fsp3) is 0.556. The lowest BCUT2D eigenvalue weighted by molar-refractivity contribution is -0.278. The Kier molecular flexibility index (Phi) is 10.2. The number of esters is 3. The van der Waals surface area contributed by atoms with Gasteiger partial charge in [-0.1, -0.05) is 30.1 Å². The predicted molar refractivity (Wildman–Crippen MR) is 140 cm³/mol. The van der Waals surface area contributed by atoms with Crippen molar-refractivity contribution in [3.8, 4) is 0 Å². The highest BCUT2D eigenvalue weighted by Gasteiger charge is 2.52. The van der Waals surface area contributed by atoms with E-state index in [4.69, 9.17) is 23.8 Å². The maximum atomic E-state index is 13.4. The van der Waals surface area contributed by atoms with Crippen molar-refractivity contribution in [2.45, 2.75) is 85.0 Å². The lowest BCUT2D eigenvalue weighted by Gasteiger charge is -2.43. The maximum Gasteiger partial charge on any atom is 0.303 e. The van der Waals surface area contributed by atoms with Crippen LogP contribution in [-0.4, -0.2) is 79.2 Å². The quantitative estimate of drug-likeness (QED) is 0.252. The van der Waals surface area contributed by atoms with Crippen LogP contribution in [-0.2, 0) is 47.8 Å². The molecule has 1 N–H and O–H groups in total. The van der Waals surface area contributed by atoms with Gasteiger partial charge in [-0.2, -0.15) is 0 Å². The molecule has 0 saturated carbocycles. The number of nitrogens with zero attached hydrogens (tertiary/aromatic N) is 2. The van der Waals surface area contributed by atoms with Crippen molar-refractivity contribution in [1.82, 2.24) is 5.32 Å². The van der Waals surface area contributed by atoms with E-state index in [1.165, 1.54) is 13.8 Å². The van der Waals surface area contributed by atoms with Gasteiger partial charge in [-0.05, 0) is 25.5 Å². The van der Waals surface area contributed by atoms with E-state index >= 15 is 0 Å². The third-order valence-corrected chi connectivity index (χ3v) is 6.20. The summed E-state index contributed by atoms with van der Waals surface area (Å²) in [5, 5.41) is 6.75. The van der Waals surface area contributed by atoms with Crippen LogP contribution in [0.2, 0.25) is 0 Å². The average molecular weight is 562 g/mol. The summed E-state index contributed by atoms with van der Waals surface area (Å²) >= 11 is 0. The van der Waals surface area contributed by atoms with Gasteiger partial charge in [-0.3, -0.25) is 24.0 Å². The third kappa shape index (κ3) is 7.34. The Morgan fingerprint density at radius 1 is 1.02 bits per heavy atom. The van der Waals surface area contributed by atoms with Gasteiger partial charge in [0.15, 0.2) is 17.9 Å². The Bertz CT molecular complexity index is 1180. The number of hydrogen-bond acceptors (Lipinski definition) is 11. The van der Waals surface area contributed by atoms with Gasteiger partial charge in [0.1, 0.15) is 18.8 Å². The van der Waals surface area contributed by atoms with Crippen molar-refractivity contribution < 1.29 is 47.8 Å². The second-order valence-electron chi connectivity index (χ2n) is 9.60. The van der Waals surface area contributed by atoms with E-state index < -0.39 is 54.5 Å². The first-order chi connectivity index (χ1) is 18.9. The molecule has 1 fully saturated rings. The molecular formula is C27H35N3O10. The number of anilines is 1. The van der Waals surface area contributed by atoms with E-state index in [2.05, 4.69) is 10.5 Å². The molecule has 2 aliphatic rings. The van der Waals surface area contributed by atoms with Crippen LogP contribution < -0.4 is 10.2 Å². The minimum absolute atomic E-state index is 0.0302. The monoisotopic (exact) mass is 561 g/mol. The number of ether oxygens (including phenoxy) is 4. The first-order valence-corrected chi connectivity index (χ1v) is 13.0. The van der Waals surface area contributed by atoms with E-state index in [-0.39, 0.29) is 18.2 Å². The zero-order chi connectivity index (χ0) is 29.6. The predicted octanol–water partition coefficient (Wildman–Crippen LogP) is 1.52. The Hall–Kier alpha value is -4.00. The SMILES string of the molecule is CCCCN1C(=O)/C(=N/OC2OC(COC(C)=O)C(OC(C)=O)C(OC(C)=O)C2NC(C)=O)c2cc(C)ccc21. The first-order valence-electron chi connectivity index (χ1n) is 13.0. The van der Waals surface area contributed by atoms with Gasteiger partial charge in [-0.15, -0.1) is 0 Å². The van der Waals surface area contributed by atoms with Crippen LogP contribution in [0.1, 0.15) is 58.6 Å². The number of aryl methyl sites for hydroxylation is 1.